The van der Waals surface area contributed by atoms with Crippen LogP contribution >= 0.6 is 15.9 Å². The molecule has 0 unspecified atom stereocenters. The van der Waals surface area contributed by atoms with E-state index in [1.165, 1.54) is 12.1 Å². The molecule has 1 aromatic heterocycles. The molecule has 0 fully saturated rings. The van der Waals surface area contributed by atoms with E-state index in [2.05, 4.69) is 31.2 Å². The molecule has 2 rings (SSSR count). The van der Waals surface area contributed by atoms with Crippen molar-refractivity contribution in [1.29, 1.82) is 0 Å². The summed E-state index contributed by atoms with van der Waals surface area (Å²) in [6, 6.07) is 3.82. The third-order valence-corrected chi connectivity index (χ3v) is 2.82. The smallest absolute Gasteiger partial charge is 0.373 e. The van der Waals surface area contributed by atoms with E-state index in [1.54, 1.807) is 6.92 Å². The second kappa shape index (κ2) is 6.44. The Morgan fingerprint density at radius 2 is 2.19 bits per heavy atom. The van der Waals surface area contributed by atoms with E-state index in [4.69, 9.17) is 4.74 Å². The zero-order valence-electron chi connectivity index (χ0n) is 10.8. The summed E-state index contributed by atoms with van der Waals surface area (Å²) in [6.45, 7) is 2.22. The van der Waals surface area contributed by atoms with Crippen LogP contribution in [0, 0.1) is 15.9 Å². The maximum absolute atomic E-state index is 13.3. The van der Waals surface area contributed by atoms with Gasteiger partial charge in [-0.2, -0.15) is 4.98 Å². The first-order valence-electron chi connectivity index (χ1n) is 5.88. The van der Waals surface area contributed by atoms with Crippen LogP contribution < -0.4 is 10.1 Å². The molecule has 0 spiro atoms. The Morgan fingerprint density at radius 3 is 2.81 bits per heavy atom. The number of nitrogens with zero attached hydrogens (tertiary/aromatic N) is 3. The van der Waals surface area contributed by atoms with Crippen molar-refractivity contribution >= 4 is 27.4 Å². The normalized spacial score (nSPS) is 10.2. The second-order valence-electron chi connectivity index (χ2n) is 3.87. The SMILES string of the molecule is CCNc1ncnc(Oc2cc(F)cc(Br)c2)c1[N+](=O)[O-]. The van der Waals surface area contributed by atoms with Gasteiger partial charge in [0, 0.05) is 17.1 Å². The molecule has 110 valence electrons. The highest BCUT2D eigenvalue weighted by atomic mass is 79.9. The summed E-state index contributed by atoms with van der Waals surface area (Å²) in [6.07, 6.45) is 1.13. The van der Waals surface area contributed by atoms with Crippen molar-refractivity contribution in [2.75, 3.05) is 11.9 Å². The lowest BCUT2D eigenvalue weighted by atomic mass is 10.3. The number of nitrogens with one attached hydrogen (secondary N) is 1. The fraction of sp³-hybridized carbons (Fsp3) is 0.167. The average Bonchev–Trinajstić information content (AvgIpc) is 2.37. The van der Waals surface area contributed by atoms with Crippen LogP contribution in [0.25, 0.3) is 0 Å². The van der Waals surface area contributed by atoms with Crippen LogP contribution in [0.15, 0.2) is 29.0 Å². The fourth-order valence-corrected chi connectivity index (χ4v) is 2.04. The Morgan fingerprint density at radius 1 is 1.43 bits per heavy atom. The first-order chi connectivity index (χ1) is 10.0. The first-order valence-corrected chi connectivity index (χ1v) is 6.67. The molecule has 0 aliphatic rings. The molecule has 2 aromatic rings. The van der Waals surface area contributed by atoms with Crippen molar-refractivity contribution in [2.24, 2.45) is 0 Å². The van der Waals surface area contributed by atoms with Crippen molar-refractivity contribution in [2.45, 2.75) is 6.92 Å². The predicted octanol–water partition coefficient (Wildman–Crippen LogP) is 3.51. The number of ether oxygens (including phenoxy) is 1. The minimum Gasteiger partial charge on any atom is -0.433 e. The number of benzene rings is 1. The molecule has 0 saturated carbocycles. The Balaban J connectivity index is 2.43. The third-order valence-electron chi connectivity index (χ3n) is 2.37. The number of rotatable bonds is 5. The minimum absolute atomic E-state index is 0.0444. The van der Waals surface area contributed by atoms with Crippen LogP contribution in [0.3, 0.4) is 0 Å². The van der Waals surface area contributed by atoms with Gasteiger partial charge in [0.2, 0.25) is 5.82 Å². The lowest BCUT2D eigenvalue weighted by Gasteiger charge is -2.08. The highest BCUT2D eigenvalue weighted by Gasteiger charge is 2.24. The molecule has 1 heterocycles. The number of hydrogen-bond acceptors (Lipinski definition) is 6. The molecule has 7 nitrogen and oxygen atoms in total. The number of aromatic nitrogens is 2. The van der Waals surface area contributed by atoms with Crippen molar-refractivity contribution < 1.29 is 14.1 Å². The van der Waals surface area contributed by atoms with Gasteiger partial charge in [-0.25, -0.2) is 9.37 Å². The van der Waals surface area contributed by atoms with Crippen LogP contribution in [-0.2, 0) is 0 Å². The maximum atomic E-state index is 13.3. The molecule has 0 aliphatic heterocycles. The van der Waals surface area contributed by atoms with Crippen molar-refractivity contribution in [1.82, 2.24) is 9.97 Å². The highest BCUT2D eigenvalue weighted by Crippen LogP contribution is 2.34. The zero-order chi connectivity index (χ0) is 15.4. The molecular formula is C12H10BrFN4O3. The number of halogens is 2. The number of anilines is 1. The van der Waals surface area contributed by atoms with Crippen molar-refractivity contribution in [3.8, 4) is 11.6 Å². The molecule has 21 heavy (non-hydrogen) atoms. The van der Waals surface area contributed by atoms with E-state index in [-0.39, 0.29) is 17.4 Å². The third kappa shape index (κ3) is 3.63. The molecule has 0 amide bonds. The van der Waals surface area contributed by atoms with Gasteiger partial charge < -0.3 is 10.1 Å². The summed E-state index contributed by atoms with van der Waals surface area (Å²) in [5, 5.41) is 13.9. The first kappa shape index (κ1) is 15.1. The quantitative estimate of drug-likeness (QED) is 0.651. The molecule has 1 N–H and O–H groups in total. The predicted molar refractivity (Wildman–Crippen MR) is 77.0 cm³/mol. The molecular weight excluding hydrogens is 347 g/mol. The molecule has 0 saturated heterocycles. The van der Waals surface area contributed by atoms with Gasteiger partial charge in [0.1, 0.15) is 17.9 Å². The van der Waals surface area contributed by atoms with Crippen LogP contribution in [0.4, 0.5) is 15.9 Å². The van der Waals surface area contributed by atoms with Crippen LogP contribution in [0.2, 0.25) is 0 Å². The molecule has 0 atom stereocenters. The van der Waals surface area contributed by atoms with Crippen LogP contribution in [-0.4, -0.2) is 21.4 Å². The molecule has 9 heteroatoms. The Labute approximate surface area is 127 Å². The van der Waals surface area contributed by atoms with Gasteiger partial charge in [-0.3, -0.25) is 10.1 Å². The van der Waals surface area contributed by atoms with Gasteiger partial charge >= 0.3 is 11.6 Å². The average molecular weight is 357 g/mol. The molecule has 0 bridgehead atoms. The Kier molecular flexibility index (Phi) is 4.63. The van der Waals surface area contributed by atoms with Gasteiger partial charge in [-0.05, 0) is 19.1 Å². The molecule has 0 aliphatic carbocycles. The highest BCUT2D eigenvalue weighted by molar-refractivity contribution is 9.10. The number of hydrogen-bond donors (Lipinski definition) is 1. The summed E-state index contributed by atoms with van der Waals surface area (Å²) in [5.74, 6) is -0.666. The number of nitro groups is 1. The maximum Gasteiger partial charge on any atom is 0.373 e. The van der Waals surface area contributed by atoms with Crippen LogP contribution in [0.5, 0.6) is 11.6 Å². The largest absolute Gasteiger partial charge is 0.433 e. The lowest BCUT2D eigenvalue weighted by molar-refractivity contribution is -0.385. The van der Waals surface area contributed by atoms with Crippen molar-refractivity contribution in [3.63, 3.8) is 0 Å². The van der Waals surface area contributed by atoms with Crippen molar-refractivity contribution in [3.05, 3.63) is 44.9 Å². The standard InChI is InChI=1S/C12H10BrFN4O3/c1-2-15-11-10(18(19)20)12(17-6-16-11)21-9-4-7(13)3-8(14)5-9/h3-6H,2H2,1H3,(H,15,16,17). The van der Waals surface area contributed by atoms with E-state index < -0.39 is 16.4 Å². The Bertz CT molecular complexity index is 663. The van der Waals surface area contributed by atoms with Gasteiger partial charge in [0.25, 0.3) is 0 Å². The van der Waals surface area contributed by atoms with Gasteiger partial charge in [0.15, 0.2) is 0 Å². The summed E-state index contributed by atoms with van der Waals surface area (Å²) in [7, 11) is 0. The summed E-state index contributed by atoms with van der Waals surface area (Å²) in [4.78, 5) is 18.1. The monoisotopic (exact) mass is 356 g/mol. The zero-order valence-corrected chi connectivity index (χ0v) is 12.4. The van der Waals surface area contributed by atoms with E-state index in [1.807, 2.05) is 0 Å². The van der Waals surface area contributed by atoms with E-state index in [0.29, 0.717) is 11.0 Å². The fourth-order valence-electron chi connectivity index (χ4n) is 1.60. The summed E-state index contributed by atoms with van der Waals surface area (Å²) >= 11 is 3.11. The lowest BCUT2D eigenvalue weighted by Crippen LogP contribution is -2.06. The van der Waals surface area contributed by atoms with E-state index in [0.717, 1.165) is 12.4 Å². The molecule has 1 aromatic carbocycles. The summed E-state index contributed by atoms with van der Waals surface area (Å²) in [5.41, 5.74) is -0.403. The molecule has 0 radical (unpaired) electrons. The van der Waals surface area contributed by atoms with Gasteiger partial charge in [-0.1, -0.05) is 15.9 Å². The van der Waals surface area contributed by atoms with E-state index in [9.17, 15) is 14.5 Å². The Hall–Kier alpha value is -2.29. The minimum atomic E-state index is -0.651. The van der Waals surface area contributed by atoms with Crippen LogP contribution in [0.1, 0.15) is 6.92 Å². The van der Waals surface area contributed by atoms with Gasteiger partial charge in [0.05, 0.1) is 4.92 Å². The van der Waals surface area contributed by atoms with E-state index >= 15 is 0 Å². The summed E-state index contributed by atoms with van der Waals surface area (Å²) < 4.78 is 19.1. The van der Waals surface area contributed by atoms with Gasteiger partial charge in [-0.15, -0.1) is 0 Å². The topological polar surface area (TPSA) is 90.2 Å². The second-order valence-corrected chi connectivity index (χ2v) is 4.79.